The van der Waals surface area contributed by atoms with Gasteiger partial charge in [-0.15, -0.1) is 0 Å². The fourth-order valence-corrected chi connectivity index (χ4v) is 11.9. The predicted octanol–water partition coefficient (Wildman–Crippen LogP) is 13.1. The van der Waals surface area contributed by atoms with Crippen molar-refractivity contribution in [3.8, 4) is 11.5 Å². The van der Waals surface area contributed by atoms with Gasteiger partial charge in [0.15, 0.2) is 0 Å². The van der Waals surface area contributed by atoms with Crippen LogP contribution in [0.1, 0.15) is 52.7 Å². The molecule has 0 fully saturated rings. The third-order valence-electron chi connectivity index (χ3n) is 17.1. The number of para-hydroxylation sites is 2. The number of ether oxygens (including phenoxy) is 2. The van der Waals surface area contributed by atoms with Gasteiger partial charge in [0.2, 0.25) is 0 Å². The number of rotatable bonds is 13. The molecule has 5 heterocycles. The number of alkyl halides is 6. The van der Waals surface area contributed by atoms with Gasteiger partial charge in [-0.05, 0) is 157 Å². The summed E-state index contributed by atoms with van der Waals surface area (Å²) in [6.07, 6.45) is 9.74. The minimum Gasteiger partial charge on any atom is -1.00 e. The minimum absolute atomic E-state index is 0. The molecule has 5 amide bonds. The van der Waals surface area contributed by atoms with Crippen molar-refractivity contribution in [1.29, 1.82) is 0 Å². The second kappa shape index (κ2) is 51.9. The molecule has 629 valence electrons. The number of hydrogen-bond acceptors (Lipinski definition) is 17. The monoisotopic (exact) mass is 1720 g/mol. The summed E-state index contributed by atoms with van der Waals surface area (Å²) < 4.78 is 125. The molecule has 0 aliphatic heterocycles. The molecule has 122 heavy (non-hydrogen) atoms. The first-order chi connectivity index (χ1) is 57.6. The van der Waals surface area contributed by atoms with E-state index in [4.69, 9.17) is 49.8 Å². The second-order valence-electron chi connectivity index (χ2n) is 25.1. The van der Waals surface area contributed by atoms with E-state index in [1.165, 1.54) is 38.7 Å². The number of carbonyl (C=O) groups is 5. The van der Waals surface area contributed by atoms with E-state index in [1.807, 2.05) is 170 Å². The van der Waals surface area contributed by atoms with Crippen molar-refractivity contribution in [2.75, 3.05) is 13.8 Å². The minimum atomic E-state index is -4.90. The van der Waals surface area contributed by atoms with Gasteiger partial charge < -0.3 is 53.4 Å². The Labute approximate surface area is 727 Å². The van der Waals surface area contributed by atoms with E-state index < -0.39 is 52.8 Å². The van der Waals surface area contributed by atoms with E-state index in [0.29, 0.717) is 36.7 Å². The van der Waals surface area contributed by atoms with Crippen molar-refractivity contribution < 1.29 is 123 Å². The summed E-state index contributed by atoms with van der Waals surface area (Å²) in [5, 5.41) is 37.4. The number of pyridine rings is 5. The Morgan fingerprint density at radius 3 is 1.30 bits per heavy atom. The number of nitrogens with zero attached hydrogens (tertiary/aromatic N) is 5. The van der Waals surface area contributed by atoms with Gasteiger partial charge >= 0.3 is 81.7 Å². The summed E-state index contributed by atoms with van der Waals surface area (Å²) in [6, 6.07) is 73.7. The first-order valence-electron chi connectivity index (χ1n) is 36.1. The zero-order chi connectivity index (χ0) is 86.9. The summed E-state index contributed by atoms with van der Waals surface area (Å²) >= 11 is 4.95. The molecular weight excluding hydrogens is 1640 g/mol. The molecule has 3 radical (unpaired) electrons. The Balaban J connectivity index is 0.000000311. The first-order valence-corrected chi connectivity index (χ1v) is 37.9. The van der Waals surface area contributed by atoms with Crippen LogP contribution in [0.25, 0.3) is 53.9 Å². The molecule has 2 atom stereocenters. The van der Waals surface area contributed by atoms with Gasteiger partial charge in [-0.25, -0.2) is 18.8 Å². The maximum Gasteiger partial charge on any atom is 1.00 e. The molecule has 35 heteroatoms. The molecule has 0 saturated heterocycles. The number of hydrogen-bond donors (Lipinski definition) is 10. The quantitative estimate of drug-likeness (QED) is 0.0168. The third-order valence-corrected chi connectivity index (χ3v) is 17.2. The van der Waals surface area contributed by atoms with Crippen LogP contribution in [0.4, 0.5) is 45.1 Å². The molecule has 9 aromatic carbocycles. The van der Waals surface area contributed by atoms with Crippen LogP contribution in [-0.4, -0.2) is 123 Å². The van der Waals surface area contributed by atoms with Crippen LogP contribution in [-0.2, 0) is 59.0 Å². The average Bonchev–Trinajstić information content (AvgIpc) is 0.787. The molecule has 0 bridgehead atoms. The van der Waals surface area contributed by atoms with Crippen LogP contribution in [0.5, 0.6) is 11.5 Å². The van der Waals surface area contributed by atoms with Gasteiger partial charge in [0.25, 0.3) is 0 Å². The molecule has 14 aromatic rings. The van der Waals surface area contributed by atoms with E-state index in [0.717, 1.165) is 86.3 Å². The number of aromatic nitrogens is 5. The maximum absolute atomic E-state index is 13.8. The van der Waals surface area contributed by atoms with Crippen molar-refractivity contribution in [3.63, 3.8) is 0 Å². The van der Waals surface area contributed by atoms with Crippen LogP contribution < -0.4 is 71.3 Å². The zero-order valence-electron chi connectivity index (χ0n) is 66.4. The van der Waals surface area contributed by atoms with Gasteiger partial charge in [-0.2, -0.15) is 34.8 Å². The second-order valence-corrected chi connectivity index (χ2v) is 26.3. The fourth-order valence-electron chi connectivity index (χ4n) is 11.8. The number of aliphatic hydroxyl groups excluding tert-OH is 2. The van der Waals surface area contributed by atoms with Gasteiger partial charge in [0, 0.05) is 149 Å². The van der Waals surface area contributed by atoms with E-state index >= 15 is 0 Å². The SMILES string of the molecule is CO.NCc1cccc2cnccc12.O=C(Cl)Oc1ccccc1.O=C(NCO)C(F)(F)F.O=C(NCc1cccc2cnccc12)C(F)(F)F.O=C(NCc1cccc2cnccc12)NC1CCc2cc(F)ccc2C1Cc1ccccc1.O=C(NCc1cccc2cnccc12)Oc1ccccc1.O=S(=O)(O)O.[B].[H-].[Na+].c1ccc2cnccc2c1. The topological polar surface area (TPSA) is 369 Å². The van der Waals surface area contributed by atoms with Gasteiger partial charge in [0.1, 0.15) is 24.0 Å². The molecule has 5 aromatic heterocycles. The number of amides is 5. The number of nitrogens with two attached hydrogens (primary N) is 1. The summed E-state index contributed by atoms with van der Waals surface area (Å²) in [6.45, 7) is 0.261. The van der Waals surface area contributed by atoms with Crippen LogP contribution in [0.3, 0.4) is 0 Å². The molecule has 15 rings (SSSR count). The van der Waals surface area contributed by atoms with Crippen molar-refractivity contribution in [2.24, 2.45) is 5.73 Å². The summed E-state index contributed by atoms with van der Waals surface area (Å²) in [4.78, 5) is 75.5. The van der Waals surface area contributed by atoms with E-state index in [2.05, 4.69) is 69.9 Å². The number of fused-ring (bicyclic) bond motifs is 6. The smallest absolute Gasteiger partial charge is 1.00 e. The predicted molar refractivity (Wildman–Crippen MR) is 449 cm³/mol. The number of carbonyl (C=O) groups excluding carboxylic acids is 5. The standard InChI is InChI=1S/C28H26FN3O.C17H14N2O2.C12H9F3N2O.C10H10N2.C9H7N.C7H5ClO2.C3H4F3NO2.CH4O.B.Na.H2O4S.H/c29-23-10-11-25-20(16-23)9-12-27(26(25)15-19-5-2-1-3-6-19)32-28(33)31-18-22-8-4-7-21-17-30-14-13-24(21)22;20-17(21-15-7-2-1-3-8-15)19-12-14-6-4-5-13-11-18-10-9-16(13)14;13-12(14,15)11(18)17-7-9-3-1-2-8-6-16-5-4-10(8)9;11-6-8-2-1-3-9-7-12-5-4-10(8)9;1-2-4-9-7-10-6-5-8(9)3-1;8-7(9)10-6-4-2-1-3-5-6;4-3(5,6)2(9)7-1-8;1-2;;;1-5(2,3)4;/h1-8,10-11,13-14,16-17,26-27H,9,12,15,18H2,(H2,31,32,33);1-11H,12H2,(H,19,20);1-6H,7H2,(H,17,18);1-5,7H,6,11H2;1-7H;1-5H;8H,1H2,(H,7,9);2H,1H3;;;(H2,1,2,3,4);/q;;;;;;;;;+1;;-1. The van der Waals surface area contributed by atoms with Crippen LogP contribution in [0, 0.1) is 5.82 Å². The van der Waals surface area contributed by atoms with E-state index in [9.17, 15) is 54.7 Å². The van der Waals surface area contributed by atoms with E-state index in [-0.39, 0.29) is 69.7 Å². The van der Waals surface area contributed by atoms with Crippen molar-refractivity contribution in [3.05, 3.63) is 343 Å². The molecule has 0 spiro atoms. The van der Waals surface area contributed by atoms with E-state index in [1.54, 1.807) is 104 Å². The van der Waals surface area contributed by atoms with Gasteiger partial charge in [-0.1, -0.05) is 170 Å². The number of halogens is 8. The number of nitrogens with one attached hydrogen (secondary N) is 5. The molecular formula is C87H82BClF7N11NaO13S. The Kier molecular flexibility index (Phi) is 42.6. The summed E-state index contributed by atoms with van der Waals surface area (Å²) in [5.41, 5.74) is 12.0. The van der Waals surface area contributed by atoms with Gasteiger partial charge in [-0.3, -0.25) is 43.6 Å². The normalized spacial score (nSPS) is 12.1. The summed E-state index contributed by atoms with van der Waals surface area (Å²) in [5.74, 6) is -3.20. The molecule has 24 nitrogen and oxygen atoms in total. The number of aryl methyl sites for hydroxylation is 1. The number of benzene rings is 9. The fraction of sp³-hybridized carbons (Fsp3) is 0.149. The molecule has 2 unspecified atom stereocenters. The average molecular weight is 1720 g/mol. The molecule has 0 saturated carbocycles. The van der Waals surface area contributed by atoms with Gasteiger partial charge in [0.05, 0.1) is 0 Å². The molecule has 1 aliphatic rings. The van der Waals surface area contributed by atoms with Crippen LogP contribution in [0.2, 0.25) is 0 Å². The third kappa shape index (κ3) is 34.7. The number of aliphatic hydroxyl groups is 2. The maximum atomic E-state index is 13.8. The van der Waals surface area contributed by atoms with Crippen molar-refractivity contribution in [1.82, 2.24) is 51.5 Å². The van der Waals surface area contributed by atoms with Crippen LogP contribution in [0.15, 0.2) is 299 Å². The van der Waals surface area contributed by atoms with Crippen molar-refractivity contribution in [2.45, 2.75) is 69.8 Å². The Bertz CT molecular complexity index is 5660. The largest absolute Gasteiger partial charge is 1.00 e. The molecule has 1 aliphatic carbocycles. The van der Waals surface area contributed by atoms with Crippen LogP contribution >= 0.6 is 11.6 Å². The van der Waals surface area contributed by atoms with Crippen molar-refractivity contribution >= 4 is 114 Å². The zero-order valence-corrected chi connectivity index (χ0v) is 69.0. The summed E-state index contributed by atoms with van der Waals surface area (Å²) in [7, 11) is -3.67. The molecule has 11 N–H and O–H groups in total. The Morgan fingerprint density at radius 2 is 0.869 bits per heavy atom. The number of urea groups is 1. The Morgan fingerprint density at radius 1 is 0.492 bits per heavy atom. The Hall–Kier alpha value is -12.4. The first kappa shape index (κ1) is 100.